The standard InChI is InChI=1S/C16H22N4S/c1-19-7-9-20(10-8-19)12-18-16-14(11-17)13-5-3-2-4-6-15(13)21-16/h12H,2-10H2,1H3/p+1. The van der Waals surface area contributed by atoms with E-state index in [2.05, 4.69) is 23.0 Å². The van der Waals surface area contributed by atoms with E-state index in [-0.39, 0.29) is 0 Å². The Bertz CT molecular complexity index is 562. The van der Waals surface area contributed by atoms with Crippen molar-refractivity contribution in [2.24, 2.45) is 4.99 Å². The summed E-state index contributed by atoms with van der Waals surface area (Å²) in [6.07, 6.45) is 7.89. The summed E-state index contributed by atoms with van der Waals surface area (Å²) >= 11 is 1.74. The second-order valence-corrected chi connectivity index (χ2v) is 7.18. The molecule has 4 nitrogen and oxygen atoms in total. The number of nitrogens with zero attached hydrogens (tertiary/aromatic N) is 3. The number of rotatable bonds is 2. The predicted molar refractivity (Wildman–Crippen MR) is 86.6 cm³/mol. The summed E-state index contributed by atoms with van der Waals surface area (Å²) in [6.45, 7) is 4.45. The first-order valence-electron chi connectivity index (χ1n) is 7.92. The van der Waals surface area contributed by atoms with Crippen LogP contribution in [0, 0.1) is 11.3 Å². The minimum Gasteiger partial charge on any atom is -0.351 e. The van der Waals surface area contributed by atoms with Crippen LogP contribution >= 0.6 is 11.3 Å². The van der Waals surface area contributed by atoms with Gasteiger partial charge in [-0.15, -0.1) is 11.3 Å². The molecule has 2 aliphatic rings. The number of nitrogens with one attached hydrogen (secondary N) is 1. The van der Waals surface area contributed by atoms with Crippen LogP contribution < -0.4 is 4.90 Å². The molecule has 1 fully saturated rings. The van der Waals surface area contributed by atoms with Gasteiger partial charge < -0.3 is 9.80 Å². The van der Waals surface area contributed by atoms with Crippen LogP contribution in [0.1, 0.15) is 35.3 Å². The van der Waals surface area contributed by atoms with Gasteiger partial charge in [0.2, 0.25) is 0 Å². The number of thiophene rings is 1. The molecule has 0 spiro atoms. The lowest BCUT2D eigenvalue weighted by Gasteiger charge is -2.28. The second kappa shape index (κ2) is 6.59. The van der Waals surface area contributed by atoms with Crippen LogP contribution in [0.25, 0.3) is 0 Å². The van der Waals surface area contributed by atoms with Gasteiger partial charge in [0.1, 0.15) is 11.1 Å². The van der Waals surface area contributed by atoms with Crippen LogP contribution in [0.3, 0.4) is 0 Å². The molecule has 1 aromatic heterocycles. The molecular weight excluding hydrogens is 280 g/mol. The molecule has 21 heavy (non-hydrogen) atoms. The molecule has 112 valence electrons. The quantitative estimate of drug-likeness (QED) is 0.509. The van der Waals surface area contributed by atoms with Crippen molar-refractivity contribution < 1.29 is 4.90 Å². The maximum Gasteiger partial charge on any atom is 0.136 e. The minimum absolute atomic E-state index is 0.841. The summed E-state index contributed by atoms with van der Waals surface area (Å²) in [5.74, 6) is 0. The van der Waals surface area contributed by atoms with E-state index in [0.717, 1.165) is 49.6 Å². The maximum atomic E-state index is 9.49. The molecule has 2 heterocycles. The van der Waals surface area contributed by atoms with Gasteiger partial charge in [-0.1, -0.05) is 6.42 Å². The zero-order valence-corrected chi connectivity index (χ0v) is 13.5. The van der Waals surface area contributed by atoms with Crippen LogP contribution in [-0.2, 0) is 12.8 Å². The van der Waals surface area contributed by atoms with E-state index in [9.17, 15) is 5.26 Å². The highest BCUT2D eigenvalue weighted by molar-refractivity contribution is 7.16. The first-order chi connectivity index (χ1) is 10.3. The van der Waals surface area contributed by atoms with Crippen LogP contribution in [0.4, 0.5) is 5.00 Å². The zero-order valence-electron chi connectivity index (χ0n) is 12.7. The second-order valence-electron chi connectivity index (χ2n) is 6.09. The number of aliphatic imine (C=N–C) groups is 1. The largest absolute Gasteiger partial charge is 0.351 e. The average Bonchev–Trinajstić information content (AvgIpc) is 2.66. The summed E-state index contributed by atoms with van der Waals surface area (Å²) in [4.78, 5) is 9.91. The normalized spacial score (nSPS) is 20.3. The van der Waals surface area contributed by atoms with Crippen molar-refractivity contribution in [3.05, 3.63) is 16.0 Å². The number of likely N-dealkylation sites (N-methyl/N-ethyl adjacent to an activating group) is 1. The van der Waals surface area contributed by atoms with Crippen LogP contribution in [0.15, 0.2) is 4.99 Å². The molecule has 0 bridgehead atoms. The Kier molecular flexibility index (Phi) is 4.57. The number of hydrogen-bond donors (Lipinski definition) is 1. The molecule has 1 aliphatic heterocycles. The number of quaternary nitrogens is 1. The van der Waals surface area contributed by atoms with Gasteiger partial charge in [0.05, 0.1) is 45.1 Å². The van der Waals surface area contributed by atoms with Crippen molar-refractivity contribution in [2.45, 2.75) is 32.1 Å². The maximum absolute atomic E-state index is 9.49. The van der Waals surface area contributed by atoms with Crippen molar-refractivity contribution in [3.63, 3.8) is 0 Å². The summed E-state index contributed by atoms with van der Waals surface area (Å²) < 4.78 is 0. The lowest BCUT2D eigenvalue weighted by atomic mass is 10.1. The van der Waals surface area contributed by atoms with E-state index in [1.807, 2.05) is 6.34 Å². The zero-order chi connectivity index (χ0) is 14.7. The van der Waals surface area contributed by atoms with Crippen molar-refractivity contribution in [3.8, 4) is 6.07 Å². The number of nitriles is 1. The fraction of sp³-hybridized carbons (Fsp3) is 0.625. The Labute approximate surface area is 130 Å². The Balaban J connectivity index is 1.78. The van der Waals surface area contributed by atoms with Gasteiger partial charge in [0.25, 0.3) is 0 Å². The molecule has 0 aromatic carbocycles. The highest BCUT2D eigenvalue weighted by Crippen LogP contribution is 2.38. The number of aryl methyl sites for hydroxylation is 1. The van der Waals surface area contributed by atoms with Gasteiger partial charge in [-0.05, 0) is 31.2 Å². The third-order valence-corrected chi connectivity index (χ3v) is 5.70. The Hall–Kier alpha value is -1.38. The Morgan fingerprint density at radius 1 is 1.24 bits per heavy atom. The number of fused-ring (bicyclic) bond motifs is 1. The molecule has 5 heteroatoms. The van der Waals surface area contributed by atoms with E-state index in [1.54, 1.807) is 16.2 Å². The molecule has 0 atom stereocenters. The van der Waals surface area contributed by atoms with Gasteiger partial charge >= 0.3 is 0 Å². The van der Waals surface area contributed by atoms with E-state index < -0.39 is 0 Å². The Morgan fingerprint density at radius 2 is 2.00 bits per heavy atom. The molecule has 1 aliphatic carbocycles. The summed E-state index contributed by atoms with van der Waals surface area (Å²) in [5.41, 5.74) is 2.13. The lowest BCUT2D eigenvalue weighted by molar-refractivity contribution is -0.883. The van der Waals surface area contributed by atoms with Gasteiger partial charge in [-0.25, -0.2) is 4.99 Å². The van der Waals surface area contributed by atoms with Gasteiger partial charge in [-0.3, -0.25) is 0 Å². The monoisotopic (exact) mass is 303 g/mol. The number of piperazine rings is 1. The van der Waals surface area contributed by atoms with Crippen molar-refractivity contribution in [1.82, 2.24) is 4.90 Å². The molecule has 0 amide bonds. The van der Waals surface area contributed by atoms with Crippen molar-refractivity contribution >= 4 is 22.7 Å². The minimum atomic E-state index is 0.841. The van der Waals surface area contributed by atoms with Crippen LogP contribution in [-0.4, -0.2) is 44.5 Å². The fourth-order valence-corrected chi connectivity index (χ4v) is 4.27. The fourth-order valence-electron chi connectivity index (χ4n) is 3.09. The Morgan fingerprint density at radius 3 is 2.76 bits per heavy atom. The number of hydrogen-bond acceptors (Lipinski definition) is 3. The SMILES string of the molecule is C[NH+]1CCN(C=Nc2sc3c(c2C#N)CCCCC3)CC1. The van der Waals surface area contributed by atoms with Gasteiger partial charge in [0, 0.05) is 4.88 Å². The van der Waals surface area contributed by atoms with Gasteiger partial charge in [0.15, 0.2) is 0 Å². The smallest absolute Gasteiger partial charge is 0.136 e. The van der Waals surface area contributed by atoms with Crippen LogP contribution in [0.5, 0.6) is 0 Å². The van der Waals surface area contributed by atoms with Crippen molar-refractivity contribution in [1.29, 1.82) is 5.26 Å². The summed E-state index contributed by atoms with van der Waals surface area (Å²) in [7, 11) is 2.23. The summed E-state index contributed by atoms with van der Waals surface area (Å²) in [6, 6.07) is 2.40. The van der Waals surface area contributed by atoms with Crippen molar-refractivity contribution in [2.75, 3.05) is 33.2 Å². The lowest BCUT2D eigenvalue weighted by Crippen LogP contribution is -3.11. The van der Waals surface area contributed by atoms with E-state index in [0.29, 0.717) is 0 Å². The average molecular weight is 303 g/mol. The van der Waals surface area contributed by atoms with E-state index >= 15 is 0 Å². The topological polar surface area (TPSA) is 43.8 Å². The molecule has 1 saturated heterocycles. The van der Waals surface area contributed by atoms with Crippen LogP contribution in [0.2, 0.25) is 0 Å². The van der Waals surface area contributed by atoms with E-state index in [4.69, 9.17) is 0 Å². The van der Waals surface area contributed by atoms with Gasteiger partial charge in [-0.2, -0.15) is 5.26 Å². The first-order valence-corrected chi connectivity index (χ1v) is 8.74. The molecule has 1 N–H and O–H groups in total. The molecule has 1 aromatic rings. The predicted octanol–water partition coefficient (Wildman–Crippen LogP) is 1.38. The highest BCUT2D eigenvalue weighted by Gasteiger charge is 2.20. The first kappa shape index (κ1) is 14.6. The molecular formula is C16H23N4S+. The third-order valence-electron chi connectivity index (χ3n) is 4.50. The summed E-state index contributed by atoms with van der Waals surface area (Å²) in [5, 5.41) is 10.4. The molecule has 0 radical (unpaired) electrons. The highest BCUT2D eigenvalue weighted by atomic mass is 32.1. The molecule has 0 saturated carbocycles. The van der Waals surface area contributed by atoms with E-state index in [1.165, 1.54) is 29.7 Å². The molecule has 3 rings (SSSR count). The molecule has 0 unspecified atom stereocenters. The third kappa shape index (κ3) is 3.28.